The van der Waals surface area contributed by atoms with Gasteiger partial charge in [0.25, 0.3) is 0 Å². The van der Waals surface area contributed by atoms with E-state index in [4.69, 9.17) is 13.9 Å². The Hall–Kier alpha value is -3.79. The maximum absolute atomic E-state index is 13.0. The number of hydrogen-bond donors (Lipinski definition) is 1. The largest absolute Gasteiger partial charge is 0.493 e. The molecule has 0 atom stereocenters. The van der Waals surface area contributed by atoms with Gasteiger partial charge < -0.3 is 19.2 Å². The van der Waals surface area contributed by atoms with E-state index in [-0.39, 0.29) is 23.3 Å². The molecule has 0 saturated heterocycles. The van der Waals surface area contributed by atoms with Crippen LogP contribution >= 0.6 is 0 Å². The summed E-state index contributed by atoms with van der Waals surface area (Å²) >= 11 is 0. The van der Waals surface area contributed by atoms with E-state index in [1.165, 1.54) is 12.1 Å². The van der Waals surface area contributed by atoms with Crippen molar-refractivity contribution in [3.8, 4) is 17.6 Å². The average Bonchev–Trinajstić information content (AvgIpc) is 3.13. The van der Waals surface area contributed by atoms with Gasteiger partial charge in [-0.25, -0.2) is 4.39 Å². The van der Waals surface area contributed by atoms with Gasteiger partial charge in [-0.05, 0) is 41.5 Å². The van der Waals surface area contributed by atoms with Crippen LogP contribution < -0.4 is 14.8 Å². The fourth-order valence-electron chi connectivity index (χ4n) is 2.51. The molecule has 2 aromatic carbocycles. The summed E-state index contributed by atoms with van der Waals surface area (Å²) in [5, 5.41) is 12.3. The second kappa shape index (κ2) is 8.73. The molecule has 3 rings (SSSR count). The Kier molecular flexibility index (Phi) is 5.92. The number of hydrogen-bond acceptors (Lipinski definition) is 6. The van der Waals surface area contributed by atoms with Gasteiger partial charge in [0.1, 0.15) is 11.9 Å². The number of ether oxygens (including phenoxy) is 2. The first-order valence-corrected chi connectivity index (χ1v) is 8.42. The maximum atomic E-state index is 13.0. The lowest BCUT2D eigenvalue weighted by Crippen LogP contribution is -1.99. The molecule has 1 heterocycles. The second-order valence-corrected chi connectivity index (χ2v) is 5.77. The highest BCUT2D eigenvalue weighted by atomic mass is 19.1. The van der Waals surface area contributed by atoms with Crippen molar-refractivity contribution in [2.24, 2.45) is 0 Å². The number of halogens is 1. The van der Waals surface area contributed by atoms with E-state index in [1.54, 1.807) is 44.6 Å². The van der Waals surface area contributed by atoms with E-state index in [2.05, 4.69) is 10.3 Å². The lowest BCUT2D eigenvalue weighted by Gasteiger charge is -2.07. The fourth-order valence-corrected chi connectivity index (χ4v) is 2.51. The second-order valence-electron chi connectivity index (χ2n) is 5.77. The number of oxazole rings is 1. The topological polar surface area (TPSA) is 80.3 Å². The van der Waals surface area contributed by atoms with Crippen molar-refractivity contribution in [1.29, 1.82) is 5.26 Å². The summed E-state index contributed by atoms with van der Waals surface area (Å²) in [5.41, 5.74) is 1.85. The summed E-state index contributed by atoms with van der Waals surface area (Å²) in [6, 6.07) is 13.5. The van der Waals surface area contributed by atoms with Crippen LogP contribution in [0.2, 0.25) is 0 Å². The third-order valence-corrected chi connectivity index (χ3v) is 3.94. The first kappa shape index (κ1) is 19.0. The fraction of sp³-hybridized carbons (Fsp3) is 0.143. The summed E-state index contributed by atoms with van der Waals surface area (Å²) in [5.74, 6) is 1.49. The van der Waals surface area contributed by atoms with Crippen LogP contribution in [0.3, 0.4) is 0 Å². The molecular weight excluding hydrogens is 361 g/mol. The van der Waals surface area contributed by atoms with Crippen molar-refractivity contribution in [2.45, 2.75) is 6.54 Å². The summed E-state index contributed by atoms with van der Waals surface area (Å²) < 4.78 is 29.1. The van der Waals surface area contributed by atoms with Crippen molar-refractivity contribution < 1.29 is 18.3 Å². The minimum atomic E-state index is -0.302. The Labute approximate surface area is 161 Å². The van der Waals surface area contributed by atoms with Crippen molar-refractivity contribution in [3.05, 3.63) is 71.0 Å². The third kappa shape index (κ3) is 4.48. The molecule has 1 N–H and O–H groups in total. The molecule has 0 spiro atoms. The maximum Gasteiger partial charge on any atom is 0.232 e. The summed E-state index contributed by atoms with van der Waals surface area (Å²) in [6.07, 6.45) is 3.45. The van der Waals surface area contributed by atoms with Gasteiger partial charge in [-0.2, -0.15) is 10.2 Å². The minimum Gasteiger partial charge on any atom is -0.493 e. The first-order chi connectivity index (χ1) is 13.6. The normalized spacial score (nSPS) is 10.6. The Bertz CT molecular complexity index is 1020. The van der Waals surface area contributed by atoms with Crippen LogP contribution in [0.15, 0.2) is 46.9 Å². The molecule has 0 unspecified atom stereocenters. The predicted molar refractivity (Wildman–Crippen MR) is 103 cm³/mol. The Morgan fingerprint density at radius 3 is 2.54 bits per heavy atom. The third-order valence-electron chi connectivity index (χ3n) is 3.94. The molecule has 0 aliphatic rings. The number of nitrogens with zero attached hydrogens (tertiary/aromatic N) is 2. The molecule has 0 radical (unpaired) electrons. The van der Waals surface area contributed by atoms with E-state index < -0.39 is 0 Å². The highest BCUT2D eigenvalue weighted by molar-refractivity contribution is 5.68. The van der Waals surface area contributed by atoms with Gasteiger partial charge in [-0.15, -0.1) is 0 Å². The first-order valence-electron chi connectivity index (χ1n) is 8.42. The molecule has 3 aromatic rings. The van der Waals surface area contributed by atoms with Gasteiger partial charge in [0.2, 0.25) is 17.5 Å². The highest BCUT2D eigenvalue weighted by Crippen LogP contribution is 2.28. The number of rotatable bonds is 7. The van der Waals surface area contributed by atoms with Gasteiger partial charge >= 0.3 is 0 Å². The monoisotopic (exact) mass is 379 g/mol. The van der Waals surface area contributed by atoms with Crippen LogP contribution in [0.5, 0.6) is 11.5 Å². The zero-order valence-corrected chi connectivity index (χ0v) is 15.4. The van der Waals surface area contributed by atoms with Gasteiger partial charge in [0.15, 0.2) is 11.5 Å². The van der Waals surface area contributed by atoms with Crippen LogP contribution in [-0.2, 0) is 6.54 Å². The van der Waals surface area contributed by atoms with E-state index >= 15 is 0 Å². The quantitative estimate of drug-likeness (QED) is 0.652. The van der Waals surface area contributed by atoms with Crippen LogP contribution in [0.4, 0.5) is 10.3 Å². The van der Waals surface area contributed by atoms with Crippen molar-refractivity contribution in [2.75, 3.05) is 19.5 Å². The van der Waals surface area contributed by atoms with E-state index in [0.717, 1.165) is 11.1 Å². The lowest BCUT2D eigenvalue weighted by molar-refractivity contribution is 0.355. The molecule has 0 aliphatic carbocycles. The summed E-state index contributed by atoms with van der Waals surface area (Å²) in [6.45, 7) is 0.378. The molecule has 6 nitrogen and oxygen atoms in total. The molecule has 0 fully saturated rings. The number of benzene rings is 2. The number of nitrogens with one attached hydrogen (secondary N) is 1. The van der Waals surface area contributed by atoms with Crippen LogP contribution in [0, 0.1) is 17.1 Å². The predicted octanol–water partition coefficient (Wildman–Crippen LogP) is 4.49. The molecule has 0 aliphatic heterocycles. The molecule has 0 amide bonds. The van der Waals surface area contributed by atoms with E-state index in [0.29, 0.717) is 18.0 Å². The van der Waals surface area contributed by atoms with Gasteiger partial charge in [-0.1, -0.05) is 18.2 Å². The molecular formula is C21H18FN3O3. The molecule has 0 bridgehead atoms. The van der Waals surface area contributed by atoms with Crippen LogP contribution in [-0.4, -0.2) is 19.2 Å². The van der Waals surface area contributed by atoms with E-state index in [1.807, 2.05) is 18.2 Å². The molecule has 142 valence electrons. The number of methoxy groups -OCH3 is 2. The molecule has 28 heavy (non-hydrogen) atoms. The number of nitriles is 1. The van der Waals surface area contributed by atoms with Crippen molar-refractivity contribution in [3.63, 3.8) is 0 Å². The van der Waals surface area contributed by atoms with E-state index in [9.17, 15) is 9.65 Å². The van der Waals surface area contributed by atoms with Gasteiger partial charge in [0.05, 0.1) is 14.2 Å². The van der Waals surface area contributed by atoms with Crippen LogP contribution in [0.1, 0.15) is 22.7 Å². The molecule has 1 aromatic heterocycles. The minimum absolute atomic E-state index is 0.147. The molecule has 0 saturated carbocycles. The standard InChI is InChI=1S/C21H18FN3O3/c1-26-18-9-5-14(11-19(18)27-2)6-10-20-25-17(12-23)21(28-20)24-13-15-3-7-16(22)8-4-15/h3-11,24H,13H2,1-2H3. The smallest absolute Gasteiger partial charge is 0.232 e. The number of aromatic nitrogens is 1. The summed E-state index contributed by atoms with van der Waals surface area (Å²) in [7, 11) is 3.14. The lowest BCUT2D eigenvalue weighted by atomic mass is 10.2. The van der Waals surface area contributed by atoms with Crippen molar-refractivity contribution >= 4 is 18.0 Å². The Morgan fingerprint density at radius 2 is 1.86 bits per heavy atom. The number of anilines is 1. The van der Waals surface area contributed by atoms with Gasteiger partial charge in [-0.3, -0.25) is 0 Å². The summed E-state index contributed by atoms with van der Waals surface area (Å²) in [4.78, 5) is 4.15. The Morgan fingerprint density at radius 1 is 1.11 bits per heavy atom. The molecule has 7 heteroatoms. The zero-order valence-electron chi connectivity index (χ0n) is 15.4. The highest BCUT2D eigenvalue weighted by Gasteiger charge is 2.11. The van der Waals surface area contributed by atoms with Crippen molar-refractivity contribution in [1.82, 2.24) is 4.98 Å². The Balaban J connectivity index is 1.74. The van der Waals surface area contributed by atoms with Gasteiger partial charge in [0, 0.05) is 12.6 Å². The average molecular weight is 379 g/mol. The van der Waals surface area contributed by atoms with Crippen LogP contribution in [0.25, 0.3) is 12.2 Å². The zero-order chi connectivity index (χ0) is 19.9. The SMILES string of the molecule is COc1ccc(C=Cc2nc(C#N)c(NCc3ccc(F)cc3)o2)cc1OC.